The van der Waals surface area contributed by atoms with Crippen LogP contribution in [0.4, 0.5) is 5.69 Å². The van der Waals surface area contributed by atoms with Crippen LogP contribution in [0.15, 0.2) is 51.6 Å². The molecule has 12 heteroatoms. The fourth-order valence-electron chi connectivity index (χ4n) is 5.24. The molecule has 0 N–H and O–H groups in total. The topological polar surface area (TPSA) is 54.5 Å². The zero-order chi connectivity index (χ0) is 31.2. The fraction of sp³-hybridized carbons (Fsp3) is 0.438. The first-order valence-electron chi connectivity index (χ1n) is 15.1. The zero-order valence-corrected chi connectivity index (χ0v) is 31.6. The number of carbonyl (C=O) groups excluding carboxylic acids is 2. The van der Waals surface area contributed by atoms with E-state index >= 15 is 0 Å². The summed E-state index contributed by atoms with van der Waals surface area (Å²) < 4.78 is 2.41. The molecule has 4 nitrogen and oxygen atoms in total. The quantitative estimate of drug-likeness (QED) is 0.0502. The van der Waals surface area contributed by atoms with Crippen molar-refractivity contribution in [2.75, 3.05) is 11.4 Å². The second-order valence-electron chi connectivity index (χ2n) is 10.6. The van der Waals surface area contributed by atoms with Crippen molar-refractivity contribution in [2.24, 2.45) is 0 Å². The van der Waals surface area contributed by atoms with E-state index in [9.17, 15) is 14.4 Å². The summed E-state index contributed by atoms with van der Waals surface area (Å²) in [5.41, 5.74) is 3.56. The highest BCUT2D eigenvalue weighted by atomic mass is 32.9. The standard InChI is InChI=1S/C32H35NO3S8/c1-4-7-9-11-13-19-15-17-38-25(19)23(34)27-28(24(35)26-20(16-18-39-26)14-12-10-8-5-2)41-31(40-27)22-30(37)42-32-21(33(22)6-3)29(36)43-44-32/h15-18H,4-14H2,1-3H3. The van der Waals surface area contributed by atoms with Crippen LogP contribution in [0.1, 0.15) is 103 Å². The molecule has 0 radical (unpaired) electrons. The molecule has 0 spiro atoms. The van der Waals surface area contributed by atoms with Gasteiger partial charge in [-0.2, -0.15) is 0 Å². The molecule has 0 bridgehead atoms. The Bertz CT molecular complexity index is 1580. The van der Waals surface area contributed by atoms with Gasteiger partial charge in [-0.25, -0.2) is 0 Å². The van der Waals surface area contributed by atoms with E-state index in [1.807, 2.05) is 22.6 Å². The molecule has 0 aromatic carbocycles. The smallest absolute Gasteiger partial charge is 0.267 e. The van der Waals surface area contributed by atoms with E-state index in [2.05, 4.69) is 26.0 Å². The van der Waals surface area contributed by atoms with E-state index in [4.69, 9.17) is 12.2 Å². The molecule has 3 aromatic rings. The van der Waals surface area contributed by atoms with Gasteiger partial charge < -0.3 is 4.90 Å². The fourth-order valence-corrected chi connectivity index (χ4v) is 14.3. The number of ketones is 2. The monoisotopic (exact) mass is 737 g/mol. The Morgan fingerprint density at radius 1 is 0.750 bits per heavy atom. The average molecular weight is 738 g/mol. The van der Waals surface area contributed by atoms with Crippen LogP contribution < -0.4 is 9.64 Å². The lowest BCUT2D eigenvalue weighted by Gasteiger charge is -2.30. The third kappa shape index (κ3) is 7.43. The third-order valence-corrected chi connectivity index (χ3v) is 16.0. The zero-order valence-electron chi connectivity index (χ0n) is 25.0. The van der Waals surface area contributed by atoms with Gasteiger partial charge in [0.25, 0.3) is 4.74 Å². The molecule has 0 fully saturated rings. The number of unbranched alkanes of at least 4 members (excludes halogenated alkanes) is 6. The van der Waals surface area contributed by atoms with Crippen LogP contribution in [0.25, 0.3) is 0 Å². The number of fused-ring (bicyclic) bond motifs is 1. The molecule has 0 amide bonds. The van der Waals surface area contributed by atoms with Crippen LogP contribution in [0.3, 0.4) is 0 Å². The van der Waals surface area contributed by atoms with E-state index < -0.39 is 0 Å². The number of thiophene rings is 2. The number of aryl methyl sites for hydroxylation is 2. The second-order valence-corrected chi connectivity index (χ2v) is 18.7. The summed E-state index contributed by atoms with van der Waals surface area (Å²) in [6.45, 7) is 6.97. The number of hydrogen-bond acceptors (Lipinski definition) is 12. The van der Waals surface area contributed by atoms with E-state index in [1.54, 1.807) is 0 Å². The number of carbonyl (C=O) groups is 2. The number of hydrogen-bond donors (Lipinski definition) is 0. The molecule has 0 saturated carbocycles. The Morgan fingerprint density at radius 2 is 1.30 bits per heavy atom. The Kier molecular flexibility index (Phi) is 12.7. The normalized spacial score (nSPS) is 15.1. The van der Waals surface area contributed by atoms with Crippen LogP contribution in [0, 0.1) is 0 Å². The van der Waals surface area contributed by atoms with Crippen LogP contribution in [0.5, 0.6) is 0 Å². The molecular weight excluding hydrogens is 703 g/mol. The molecule has 44 heavy (non-hydrogen) atoms. The van der Waals surface area contributed by atoms with Gasteiger partial charge in [-0.3, -0.25) is 14.4 Å². The van der Waals surface area contributed by atoms with Gasteiger partial charge >= 0.3 is 0 Å². The molecule has 0 atom stereocenters. The third-order valence-electron chi connectivity index (χ3n) is 7.52. The lowest BCUT2D eigenvalue weighted by molar-refractivity contribution is 0.101. The summed E-state index contributed by atoms with van der Waals surface area (Å²) in [7, 11) is 2.69. The number of allylic oxidation sites excluding steroid dienone is 2. The lowest BCUT2D eigenvalue weighted by atomic mass is 10.0. The summed E-state index contributed by atoms with van der Waals surface area (Å²) in [5, 5.41) is 3.98. The van der Waals surface area contributed by atoms with Gasteiger partial charge in [0.2, 0.25) is 11.6 Å². The van der Waals surface area contributed by atoms with Crippen LogP contribution in [0.2, 0.25) is 0 Å². The highest BCUT2D eigenvalue weighted by Gasteiger charge is 2.39. The summed E-state index contributed by atoms with van der Waals surface area (Å²) in [4.78, 5) is 46.0. The predicted octanol–water partition coefficient (Wildman–Crippen LogP) is 11.4. The molecule has 0 aliphatic carbocycles. The van der Waals surface area contributed by atoms with Crippen LogP contribution in [-0.2, 0) is 12.8 Å². The van der Waals surface area contributed by atoms with Crippen molar-refractivity contribution in [3.63, 3.8) is 0 Å². The van der Waals surface area contributed by atoms with E-state index in [0.29, 0.717) is 26.2 Å². The maximum atomic E-state index is 14.4. The lowest BCUT2D eigenvalue weighted by Crippen LogP contribution is -2.32. The van der Waals surface area contributed by atoms with Crippen molar-refractivity contribution in [3.8, 4) is 0 Å². The minimum atomic E-state index is -0.0802. The van der Waals surface area contributed by atoms with Crippen molar-refractivity contribution < 1.29 is 9.59 Å². The first kappa shape index (κ1) is 34.3. The van der Waals surface area contributed by atoms with Crippen LogP contribution >= 0.6 is 90.9 Å². The number of anilines is 1. The van der Waals surface area contributed by atoms with Crippen molar-refractivity contribution in [3.05, 3.63) is 73.1 Å². The number of Topliss-reactive ketones (excluding diaryl/α,β-unsaturated/α-hetero) is 2. The molecular formula is C32H35NO3S8. The summed E-state index contributed by atoms with van der Waals surface area (Å²) >= 11 is 13.0. The number of thioether (sulfide) groups is 3. The molecule has 234 valence electrons. The van der Waals surface area contributed by atoms with Gasteiger partial charge in [0.1, 0.15) is 14.1 Å². The molecule has 2 aliphatic heterocycles. The van der Waals surface area contributed by atoms with Gasteiger partial charge in [-0.05, 0) is 77.0 Å². The molecule has 5 rings (SSSR count). The second kappa shape index (κ2) is 16.2. The van der Waals surface area contributed by atoms with Gasteiger partial charge in [0, 0.05) is 6.54 Å². The minimum Gasteiger partial charge on any atom is -0.333 e. The van der Waals surface area contributed by atoms with Crippen molar-refractivity contribution in [1.82, 2.24) is 0 Å². The average Bonchev–Trinajstić information content (AvgIpc) is 3.83. The number of nitrogens with zero attached hydrogens (tertiary/aromatic N) is 1. The first-order valence-corrected chi connectivity index (χ1v) is 21.8. The highest BCUT2D eigenvalue weighted by Crippen LogP contribution is 2.56. The number of rotatable bonds is 15. The first-order chi connectivity index (χ1) is 21.4. The summed E-state index contributed by atoms with van der Waals surface area (Å²) in [6, 6.07) is 4.12. The van der Waals surface area contributed by atoms with Crippen LogP contribution in [-0.4, -0.2) is 22.3 Å². The van der Waals surface area contributed by atoms with E-state index in [1.165, 1.54) is 104 Å². The van der Waals surface area contributed by atoms with Gasteiger partial charge in [-0.15, -0.1) is 22.7 Å². The Balaban J connectivity index is 1.53. The molecule has 0 saturated heterocycles. The number of thiocarbonyl (C=S) groups is 1. The summed E-state index contributed by atoms with van der Waals surface area (Å²) in [6.07, 6.45) is 10.8. The van der Waals surface area contributed by atoms with E-state index in [-0.39, 0.29) is 16.3 Å². The Labute approximate surface area is 293 Å². The van der Waals surface area contributed by atoms with E-state index in [0.717, 1.165) is 73.5 Å². The molecule has 2 aliphatic rings. The maximum absolute atomic E-state index is 14.4. The maximum Gasteiger partial charge on any atom is 0.267 e. The SMILES string of the molecule is CCCCCCc1ccsc1C(=O)C1=C(C(=O)c2sccc2CCCCCC)SC(=C2C(=S)Sc3ssc(=O)c3N2CC)S1. The predicted molar refractivity (Wildman–Crippen MR) is 202 cm³/mol. The molecule has 5 heterocycles. The summed E-state index contributed by atoms with van der Waals surface area (Å²) in [5.74, 6) is -0.160. The van der Waals surface area contributed by atoms with Gasteiger partial charge in [0.15, 0.2) is 0 Å². The van der Waals surface area contributed by atoms with Crippen molar-refractivity contribution in [2.45, 2.75) is 89.2 Å². The highest BCUT2D eigenvalue weighted by molar-refractivity contribution is 8.30. The van der Waals surface area contributed by atoms with Gasteiger partial charge in [0.05, 0.1) is 29.5 Å². The van der Waals surface area contributed by atoms with Gasteiger partial charge in [-0.1, -0.05) is 110 Å². The minimum absolute atomic E-state index is 0.0195. The largest absolute Gasteiger partial charge is 0.333 e. The Hall–Kier alpha value is -0.990. The Morgan fingerprint density at radius 3 is 1.80 bits per heavy atom. The van der Waals surface area contributed by atoms with Crippen molar-refractivity contribution in [1.29, 1.82) is 0 Å². The molecule has 0 unspecified atom stereocenters. The molecule has 3 aromatic heterocycles. The van der Waals surface area contributed by atoms with Crippen molar-refractivity contribution >= 4 is 112 Å².